The Hall–Kier alpha value is -3.05. The lowest BCUT2D eigenvalue weighted by molar-refractivity contribution is -0.115. The van der Waals surface area contributed by atoms with E-state index in [0.29, 0.717) is 28.5 Å². The summed E-state index contributed by atoms with van der Waals surface area (Å²) in [5.74, 6) is 0.932. The minimum Gasteiger partial charge on any atom is -0.414 e. The Morgan fingerprint density at radius 3 is 2.87 bits per heavy atom. The molecule has 11 heteroatoms. The van der Waals surface area contributed by atoms with Crippen molar-refractivity contribution in [1.82, 2.24) is 29.9 Å². The smallest absolute Gasteiger partial charge is 0.277 e. The summed E-state index contributed by atoms with van der Waals surface area (Å²) in [5, 5.41) is 15.1. The van der Waals surface area contributed by atoms with E-state index in [0.717, 1.165) is 16.9 Å². The van der Waals surface area contributed by atoms with Gasteiger partial charge in [-0.1, -0.05) is 17.8 Å². The van der Waals surface area contributed by atoms with Gasteiger partial charge in [-0.25, -0.2) is 14.6 Å². The Morgan fingerprint density at radius 1 is 1.27 bits per heavy atom. The molecular weight excluding hydrogens is 422 g/mol. The molecule has 0 bridgehead atoms. The van der Waals surface area contributed by atoms with Crippen LogP contribution in [-0.4, -0.2) is 35.9 Å². The van der Waals surface area contributed by atoms with Crippen LogP contribution in [0.5, 0.6) is 0 Å². The van der Waals surface area contributed by atoms with Gasteiger partial charge in [0.05, 0.1) is 11.4 Å². The van der Waals surface area contributed by atoms with Crippen LogP contribution in [0.1, 0.15) is 29.6 Å². The van der Waals surface area contributed by atoms with Crippen LogP contribution in [0.15, 0.2) is 45.9 Å². The number of benzene rings is 1. The molecule has 1 amide bonds. The Kier molecular flexibility index (Phi) is 5.91. The van der Waals surface area contributed by atoms with Crippen LogP contribution in [-0.2, 0) is 17.1 Å². The van der Waals surface area contributed by atoms with Crippen molar-refractivity contribution in [2.24, 2.45) is 0 Å². The number of amides is 1. The molecule has 0 saturated heterocycles. The number of anilines is 2. The van der Waals surface area contributed by atoms with E-state index in [4.69, 9.17) is 4.42 Å². The molecular formula is C19H19N7O2S2. The quantitative estimate of drug-likeness (QED) is 0.399. The number of aromatic nitrogens is 6. The molecule has 0 radical (unpaired) electrons. The molecule has 0 atom stereocenters. The van der Waals surface area contributed by atoms with Crippen molar-refractivity contribution in [3.05, 3.63) is 58.9 Å². The second kappa shape index (κ2) is 8.76. The number of nitrogens with zero attached hydrogens (tertiary/aromatic N) is 7. The topological polar surface area (TPSA) is 103 Å². The van der Waals surface area contributed by atoms with Gasteiger partial charge in [0.25, 0.3) is 5.22 Å². The van der Waals surface area contributed by atoms with E-state index in [9.17, 15) is 4.79 Å². The molecule has 1 aromatic carbocycles. The molecule has 4 rings (SSSR count). The zero-order valence-electron chi connectivity index (χ0n) is 16.6. The fourth-order valence-electron chi connectivity index (χ4n) is 2.71. The lowest BCUT2D eigenvalue weighted by atomic mass is 10.1. The van der Waals surface area contributed by atoms with Gasteiger partial charge in [0.1, 0.15) is 19.2 Å². The third-order valence-corrected chi connectivity index (χ3v) is 6.08. The van der Waals surface area contributed by atoms with Crippen molar-refractivity contribution in [3.8, 4) is 0 Å². The number of carbonyl (C=O) groups excluding carboxylic acids is 1. The minimum atomic E-state index is -0.0820. The summed E-state index contributed by atoms with van der Waals surface area (Å²) in [6.45, 7) is 5.99. The Bertz CT molecular complexity index is 1150. The van der Waals surface area contributed by atoms with Crippen LogP contribution >= 0.6 is 23.1 Å². The molecule has 0 aliphatic heterocycles. The molecule has 4 aromatic rings. The highest BCUT2D eigenvalue weighted by Crippen LogP contribution is 2.32. The maximum atomic E-state index is 12.3. The number of rotatable bonds is 7. The summed E-state index contributed by atoms with van der Waals surface area (Å²) in [6, 6.07) is 5.95. The Morgan fingerprint density at radius 2 is 2.13 bits per heavy atom. The van der Waals surface area contributed by atoms with Crippen molar-refractivity contribution < 1.29 is 9.21 Å². The van der Waals surface area contributed by atoms with Gasteiger partial charge in [-0.3, -0.25) is 9.69 Å². The summed E-state index contributed by atoms with van der Waals surface area (Å²) in [6.07, 6.45) is 3.04. The second-order valence-electron chi connectivity index (χ2n) is 6.59. The summed E-state index contributed by atoms with van der Waals surface area (Å²) in [7, 11) is 0. The van der Waals surface area contributed by atoms with Gasteiger partial charge >= 0.3 is 0 Å². The van der Waals surface area contributed by atoms with Crippen LogP contribution in [0.3, 0.4) is 0 Å². The van der Waals surface area contributed by atoms with E-state index in [1.165, 1.54) is 35.0 Å². The summed E-state index contributed by atoms with van der Waals surface area (Å²) >= 11 is 2.83. The minimum absolute atomic E-state index is 0.0820. The Labute approximate surface area is 181 Å². The van der Waals surface area contributed by atoms with Crippen LogP contribution in [0.4, 0.5) is 10.8 Å². The summed E-state index contributed by atoms with van der Waals surface area (Å²) < 4.78 is 7.24. The van der Waals surface area contributed by atoms with Gasteiger partial charge in [-0.05, 0) is 37.1 Å². The maximum absolute atomic E-state index is 12.3. The molecule has 154 valence electrons. The predicted molar refractivity (Wildman–Crippen MR) is 114 cm³/mol. The predicted octanol–water partition coefficient (Wildman–Crippen LogP) is 3.76. The van der Waals surface area contributed by atoms with Gasteiger partial charge in [-0.2, -0.15) is 5.10 Å². The van der Waals surface area contributed by atoms with Crippen molar-refractivity contribution in [3.63, 3.8) is 0 Å². The molecule has 3 heterocycles. The fraction of sp³-hybridized carbons (Fsp3) is 0.263. The van der Waals surface area contributed by atoms with Crippen molar-refractivity contribution in [2.75, 3.05) is 4.90 Å². The molecule has 30 heavy (non-hydrogen) atoms. The van der Waals surface area contributed by atoms with E-state index in [1.54, 1.807) is 22.8 Å². The van der Waals surface area contributed by atoms with E-state index in [1.807, 2.05) is 37.4 Å². The van der Waals surface area contributed by atoms with E-state index in [-0.39, 0.29) is 5.91 Å². The van der Waals surface area contributed by atoms with E-state index in [2.05, 4.69) is 25.3 Å². The van der Waals surface area contributed by atoms with Crippen molar-refractivity contribution in [2.45, 2.75) is 38.3 Å². The number of thiazole rings is 1. The Balaban J connectivity index is 1.43. The third kappa shape index (κ3) is 4.57. The SMILES string of the molecule is CC(=O)N(c1ccc(C)c(C)c1)c1nc(CSc2nnc(Cn3cncn3)o2)cs1. The first-order valence-corrected chi connectivity index (χ1v) is 11.0. The number of carbonyl (C=O) groups is 1. The monoisotopic (exact) mass is 441 g/mol. The largest absolute Gasteiger partial charge is 0.414 e. The van der Waals surface area contributed by atoms with E-state index >= 15 is 0 Å². The molecule has 9 nitrogen and oxygen atoms in total. The van der Waals surface area contributed by atoms with E-state index < -0.39 is 0 Å². The van der Waals surface area contributed by atoms with Gasteiger partial charge < -0.3 is 4.42 Å². The first-order chi connectivity index (χ1) is 14.5. The summed E-state index contributed by atoms with van der Waals surface area (Å²) in [5.41, 5.74) is 3.96. The number of hydrogen-bond acceptors (Lipinski definition) is 9. The fourth-order valence-corrected chi connectivity index (χ4v) is 4.37. The number of hydrogen-bond donors (Lipinski definition) is 0. The highest BCUT2D eigenvalue weighted by atomic mass is 32.2. The lowest BCUT2D eigenvalue weighted by Gasteiger charge is -2.19. The highest BCUT2D eigenvalue weighted by Gasteiger charge is 2.19. The van der Waals surface area contributed by atoms with Crippen molar-refractivity contribution in [1.29, 1.82) is 0 Å². The van der Waals surface area contributed by atoms with Crippen LogP contribution in [0.2, 0.25) is 0 Å². The van der Waals surface area contributed by atoms with Gasteiger partial charge in [0, 0.05) is 18.1 Å². The van der Waals surface area contributed by atoms with Crippen molar-refractivity contribution >= 4 is 39.8 Å². The molecule has 0 aliphatic carbocycles. The zero-order valence-corrected chi connectivity index (χ0v) is 18.3. The number of aryl methyl sites for hydroxylation is 2. The molecule has 0 N–H and O–H groups in total. The number of thioether (sulfide) groups is 1. The molecule has 3 aromatic heterocycles. The second-order valence-corrected chi connectivity index (χ2v) is 8.35. The maximum Gasteiger partial charge on any atom is 0.277 e. The average molecular weight is 442 g/mol. The highest BCUT2D eigenvalue weighted by molar-refractivity contribution is 7.98. The zero-order chi connectivity index (χ0) is 21.1. The summed E-state index contributed by atoms with van der Waals surface area (Å²) in [4.78, 5) is 22.5. The lowest BCUT2D eigenvalue weighted by Crippen LogP contribution is -2.22. The third-order valence-electron chi connectivity index (χ3n) is 4.35. The molecule has 0 aliphatic rings. The first-order valence-electron chi connectivity index (χ1n) is 9.09. The van der Waals surface area contributed by atoms with Crippen LogP contribution in [0, 0.1) is 13.8 Å². The van der Waals surface area contributed by atoms with Crippen LogP contribution < -0.4 is 4.90 Å². The van der Waals surface area contributed by atoms with Gasteiger partial charge in [0.2, 0.25) is 11.8 Å². The van der Waals surface area contributed by atoms with Gasteiger partial charge in [0.15, 0.2) is 5.13 Å². The first kappa shape index (κ1) is 20.2. The molecule has 0 spiro atoms. The standard InChI is InChI=1S/C19H19N7O2S2/c1-12-4-5-16(6-13(12)2)26(14(3)27)18-22-15(8-29-18)9-30-19-24-23-17(28-19)7-25-11-20-10-21-25/h4-6,8,10-11H,7,9H2,1-3H3. The molecule has 0 fully saturated rings. The molecule has 0 saturated carbocycles. The normalized spacial score (nSPS) is 11.0. The molecule has 0 unspecified atom stereocenters. The average Bonchev–Trinajstić information content (AvgIpc) is 3.46. The van der Waals surface area contributed by atoms with Crippen LogP contribution in [0.25, 0.3) is 0 Å². The van der Waals surface area contributed by atoms with Gasteiger partial charge in [-0.15, -0.1) is 21.5 Å².